The molecule has 0 bridgehead atoms. The SMILES string of the molecule is Cc1cnc(C=O)c(C)c1C. The van der Waals surface area contributed by atoms with Gasteiger partial charge in [0, 0.05) is 6.20 Å². The zero-order chi connectivity index (χ0) is 8.43. The number of pyridine rings is 1. The van der Waals surface area contributed by atoms with Crippen LogP contribution in [0.3, 0.4) is 0 Å². The summed E-state index contributed by atoms with van der Waals surface area (Å²) in [4.78, 5) is 14.4. The Morgan fingerprint density at radius 2 is 1.91 bits per heavy atom. The van der Waals surface area contributed by atoms with E-state index in [9.17, 15) is 4.79 Å². The Hall–Kier alpha value is -1.18. The molecule has 1 aromatic heterocycles. The molecule has 0 saturated heterocycles. The van der Waals surface area contributed by atoms with Gasteiger partial charge in [-0.1, -0.05) is 0 Å². The van der Waals surface area contributed by atoms with Crippen LogP contribution in [0.1, 0.15) is 27.2 Å². The molecule has 0 amide bonds. The predicted octanol–water partition coefficient (Wildman–Crippen LogP) is 1.82. The van der Waals surface area contributed by atoms with Crippen molar-refractivity contribution < 1.29 is 4.79 Å². The lowest BCUT2D eigenvalue weighted by Gasteiger charge is -2.04. The van der Waals surface area contributed by atoms with E-state index in [0.29, 0.717) is 5.69 Å². The van der Waals surface area contributed by atoms with Crippen molar-refractivity contribution in [1.29, 1.82) is 0 Å². The van der Waals surface area contributed by atoms with Gasteiger partial charge in [0.15, 0.2) is 6.29 Å². The second-order valence-electron chi connectivity index (χ2n) is 2.69. The van der Waals surface area contributed by atoms with Gasteiger partial charge in [-0.2, -0.15) is 0 Å². The summed E-state index contributed by atoms with van der Waals surface area (Å²) >= 11 is 0. The maximum absolute atomic E-state index is 10.4. The van der Waals surface area contributed by atoms with Crippen LogP contribution in [0.4, 0.5) is 0 Å². The van der Waals surface area contributed by atoms with Gasteiger partial charge in [0.05, 0.1) is 0 Å². The van der Waals surface area contributed by atoms with Crippen LogP contribution in [0.25, 0.3) is 0 Å². The number of aldehydes is 1. The summed E-state index contributed by atoms with van der Waals surface area (Å²) in [6.45, 7) is 5.91. The summed E-state index contributed by atoms with van der Waals surface area (Å²) in [5, 5.41) is 0. The van der Waals surface area contributed by atoms with E-state index in [1.807, 2.05) is 20.8 Å². The van der Waals surface area contributed by atoms with Crippen molar-refractivity contribution in [2.75, 3.05) is 0 Å². The number of hydrogen-bond acceptors (Lipinski definition) is 2. The standard InChI is InChI=1S/C9H11NO/c1-6-4-10-9(5-11)8(3)7(6)2/h4-5H,1-3H3. The molecule has 0 unspecified atom stereocenters. The van der Waals surface area contributed by atoms with E-state index >= 15 is 0 Å². The van der Waals surface area contributed by atoms with Gasteiger partial charge in [-0.15, -0.1) is 0 Å². The normalized spacial score (nSPS) is 9.73. The van der Waals surface area contributed by atoms with Gasteiger partial charge in [-0.25, -0.2) is 0 Å². The van der Waals surface area contributed by atoms with Gasteiger partial charge in [0.1, 0.15) is 5.69 Å². The molecule has 0 radical (unpaired) electrons. The van der Waals surface area contributed by atoms with Crippen LogP contribution in [0, 0.1) is 20.8 Å². The number of carbonyl (C=O) groups is 1. The van der Waals surface area contributed by atoms with Gasteiger partial charge in [0.25, 0.3) is 0 Å². The smallest absolute Gasteiger partial charge is 0.168 e. The van der Waals surface area contributed by atoms with Gasteiger partial charge in [-0.05, 0) is 37.5 Å². The lowest BCUT2D eigenvalue weighted by atomic mass is 10.1. The molecule has 1 rings (SSSR count). The lowest BCUT2D eigenvalue weighted by molar-refractivity contribution is 0.111. The fourth-order valence-electron chi connectivity index (χ4n) is 0.967. The predicted molar refractivity (Wildman–Crippen MR) is 43.8 cm³/mol. The zero-order valence-electron chi connectivity index (χ0n) is 7.01. The van der Waals surface area contributed by atoms with Crippen LogP contribution >= 0.6 is 0 Å². The first-order chi connectivity index (χ1) is 5.16. The fraction of sp³-hybridized carbons (Fsp3) is 0.333. The molecule has 0 aliphatic carbocycles. The molecule has 1 heterocycles. The maximum atomic E-state index is 10.4. The first-order valence-electron chi connectivity index (χ1n) is 3.54. The number of aromatic nitrogens is 1. The Balaban J connectivity index is 3.36. The van der Waals surface area contributed by atoms with Crippen molar-refractivity contribution in [1.82, 2.24) is 4.98 Å². The molecule has 0 saturated carbocycles. The van der Waals surface area contributed by atoms with E-state index < -0.39 is 0 Å². The van der Waals surface area contributed by atoms with Crippen molar-refractivity contribution >= 4 is 6.29 Å². The van der Waals surface area contributed by atoms with Crippen LogP contribution in [-0.4, -0.2) is 11.3 Å². The maximum Gasteiger partial charge on any atom is 0.168 e. The molecule has 0 aliphatic heterocycles. The van der Waals surface area contributed by atoms with Crippen LogP contribution in [0.2, 0.25) is 0 Å². The van der Waals surface area contributed by atoms with Gasteiger partial charge < -0.3 is 0 Å². The highest BCUT2D eigenvalue weighted by atomic mass is 16.1. The van der Waals surface area contributed by atoms with Crippen molar-refractivity contribution in [3.8, 4) is 0 Å². The Morgan fingerprint density at radius 3 is 2.45 bits per heavy atom. The largest absolute Gasteiger partial charge is 0.296 e. The molecule has 2 heteroatoms. The summed E-state index contributed by atoms with van der Waals surface area (Å²) in [6.07, 6.45) is 2.52. The summed E-state index contributed by atoms with van der Waals surface area (Å²) in [5.74, 6) is 0. The van der Waals surface area contributed by atoms with E-state index in [-0.39, 0.29) is 0 Å². The molecular formula is C9H11NO. The van der Waals surface area contributed by atoms with E-state index in [2.05, 4.69) is 4.98 Å². The molecule has 11 heavy (non-hydrogen) atoms. The summed E-state index contributed by atoms with van der Waals surface area (Å²) < 4.78 is 0. The van der Waals surface area contributed by atoms with Gasteiger partial charge in [0.2, 0.25) is 0 Å². The van der Waals surface area contributed by atoms with Crippen LogP contribution in [-0.2, 0) is 0 Å². The quantitative estimate of drug-likeness (QED) is 0.570. The number of nitrogens with zero attached hydrogens (tertiary/aromatic N) is 1. The second kappa shape index (κ2) is 2.82. The minimum absolute atomic E-state index is 0.549. The zero-order valence-corrected chi connectivity index (χ0v) is 7.01. The average molecular weight is 149 g/mol. The molecule has 58 valence electrons. The number of aryl methyl sites for hydroxylation is 1. The third kappa shape index (κ3) is 1.29. The highest BCUT2D eigenvalue weighted by Crippen LogP contribution is 2.12. The highest BCUT2D eigenvalue weighted by Gasteiger charge is 2.02. The monoisotopic (exact) mass is 149 g/mol. The van der Waals surface area contributed by atoms with Crippen molar-refractivity contribution in [3.63, 3.8) is 0 Å². The molecular weight excluding hydrogens is 138 g/mol. The number of hydrogen-bond donors (Lipinski definition) is 0. The van der Waals surface area contributed by atoms with Gasteiger partial charge >= 0.3 is 0 Å². The molecule has 0 aromatic carbocycles. The van der Waals surface area contributed by atoms with Crippen molar-refractivity contribution in [2.24, 2.45) is 0 Å². The lowest BCUT2D eigenvalue weighted by Crippen LogP contribution is -1.96. The summed E-state index contributed by atoms with van der Waals surface area (Å²) in [6, 6.07) is 0. The molecule has 0 aliphatic rings. The van der Waals surface area contributed by atoms with Crippen molar-refractivity contribution in [2.45, 2.75) is 20.8 Å². The van der Waals surface area contributed by atoms with Crippen LogP contribution in [0.5, 0.6) is 0 Å². The number of rotatable bonds is 1. The topological polar surface area (TPSA) is 30.0 Å². The highest BCUT2D eigenvalue weighted by molar-refractivity contribution is 5.74. The molecule has 2 nitrogen and oxygen atoms in total. The summed E-state index contributed by atoms with van der Waals surface area (Å²) in [5.41, 5.74) is 3.82. The minimum Gasteiger partial charge on any atom is -0.296 e. The van der Waals surface area contributed by atoms with Gasteiger partial charge in [-0.3, -0.25) is 9.78 Å². The van der Waals surface area contributed by atoms with E-state index in [1.165, 1.54) is 0 Å². The first kappa shape index (κ1) is 7.92. The van der Waals surface area contributed by atoms with Crippen LogP contribution in [0.15, 0.2) is 6.20 Å². The molecule has 0 fully saturated rings. The average Bonchev–Trinajstić information content (AvgIpc) is 2.01. The molecule has 0 N–H and O–H groups in total. The molecule has 1 aromatic rings. The molecule has 0 atom stereocenters. The first-order valence-corrected chi connectivity index (χ1v) is 3.54. The Morgan fingerprint density at radius 1 is 1.27 bits per heavy atom. The number of carbonyl (C=O) groups excluding carboxylic acids is 1. The second-order valence-corrected chi connectivity index (χ2v) is 2.69. The van der Waals surface area contributed by atoms with E-state index in [4.69, 9.17) is 0 Å². The third-order valence-electron chi connectivity index (χ3n) is 2.05. The Labute approximate surface area is 66.3 Å². The summed E-state index contributed by atoms with van der Waals surface area (Å²) in [7, 11) is 0. The van der Waals surface area contributed by atoms with Crippen LogP contribution < -0.4 is 0 Å². The van der Waals surface area contributed by atoms with Crippen molar-refractivity contribution in [3.05, 3.63) is 28.6 Å². The fourth-order valence-corrected chi connectivity index (χ4v) is 0.967. The Kier molecular flexibility index (Phi) is 2.03. The Bertz CT molecular complexity index is 292. The minimum atomic E-state index is 0.549. The third-order valence-corrected chi connectivity index (χ3v) is 2.05. The van der Waals surface area contributed by atoms with E-state index in [0.717, 1.165) is 23.0 Å². The molecule has 0 spiro atoms. The van der Waals surface area contributed by atoms with E-state index in [1.54, 1.807) is 6.20 Å².